The summed E-state index contributed by atoms with van der Waals surface area (Å²) in [5, 5.41) is 24.6. The summed E-state index contributed by atoms with van der Waals surface area (Å²) in [6.45, 7) is 0. The SMILES string of the molecule is N#Cc1ccc(-c2ccc(-n3c4ccccc4c4ccccc43)cc2-c2cc(C#N)cc(-n3c4ccccc4c4ccccc43)c2)cc1. The number of nitrogens with zero attached hydrogens (tertiary/aromatic N) is 4. The Morgan fingerprint density at radius 2 is 0.833 bits per heavy atom. The Labute approximate surface area is 277 Å². The molecule has 48 heavy (non-hydrogen) atoms. The standard InChI is InChI=1S/C44H26N4/c45-27-29-17-19-31(20-18-29)35-22-21-33(47-41-13-5-1-9-36(41)37-10-2-6-14-42(37)47)26-40(35)32-23-30(28-46)24-34(25-32)48-43-15-7-3-11-38(43)39-12-4-8-16-44(39)48/h1-26H. The zero-order chi connectivity index (χ0) is 32.2. The molecule has 0 aliphatic rings. The van der Waals surface area contributed by atoms with Gasteiger partial charge < -0.3 is 9.13 Å². The number of benzene rings is 7. The fourth-order valence-electron chi connectivity index (χ4n) is 7.25. The molecule has 0 saturated carbocycles. The second-order valence-corrected chi connectivity index (χ2v) is 12.0. The van der Waals surface area contributed by atoms with Crippen LogP contribution in [0.25, 0.3) is 77.2 Å². The van der Waals surface area contributed by atoms with Crippen molar-refractivity contribution in [1.29, 1.82) is 10.5 Å². The first-order chi connectivity index (χ1) is 23.7. The molecule has 9 rings (SSSR count). The molecule has 2 heterocycles. The van der Waals surface area contributed by atoms with Crippen LogP contribution in [-0.4, -0.2) is 9.13 Å². The lowest BCUT2D eigenvalue weighted by Crippen LogP contribution is -1.98. The van der Waals surface area contributed by atoms with Crippen molar-refractivity contribution in [2.75, 3.05) is 0 Å². The molecule has 4 heteroatoms. The van der Waals surface area contributed by atoms with Gasteiger partial charge in [-0.3, -0.25) is 0 Å². The van der Waals surface area contributed by atoms with Crippen molar-refractivity contribution in [3.63, 3.8) is 0 Å². The van der Waals surface area contributed by atoms with Gasteiger partial charge in [0.25, 0.3) is 0 Å². The van der Waals surface area contributed by atoms with Crippen LogP contribution in [0.4, 0.5) is 0 Å². The van der Waals surface area contributed by atoms with Gasteiger partial charge in [0, 0.05) is 32.9 Å². The Hall–Kier alpha value is -6.88. The van der Waals surface area contributed by atoms with Crippen molar-refractivity contribution in [3.05, 3.63) is 169 Å². The van der Waals surface area contributed by atoms with E-state index in [-0.39, 0.29) is 0 Å². The second-order valence-electron chi connectivity index (χ2n) is 12.0. The quantitative estimate of drug-likeness (QED) is 0.199. The average Bonchev–Trinajstić information content (AvgIpc) is 3.68. The molecule has 0 saturated heterocycles. The van der Waals surface area contributed by atoms with Gasteiger partial charge in [-0.25, -0.2) is 0 Å². The van der Waals surface area contributed by atoms with Gasteiger partial charge in [-0.2, -0.15) is 10.5 Å². The average molecular weight is 611 g/mol. The third-order valence-corrected chi connectivity index (χ3v) is 9.36. The second kappa shape index (κ2) is 10.9. The van der Waals surface area contributed by atoms with Crippen molar-refractivity contribution < 1.29 is 0 Å². The van der Waals surface area contributed by atoms with Crippen molar-refractivity contribution >= 4 is 43.6 Å². The Balaban J connectivity index is 1.34. The molecule has 0 radical (unpaired) electrons. The van der Waals surface area contributed by atoms with E-state index in [1.54, 1.807) is 0 Å². The zero-order valence-corrected chi connectivity index (χ0v) is 25.8. The van der Waals surface area contributed by atoms with Crippen LogP contribution in [0, 0.1) is 22.7 Å². The minimum atomic E-state index is 0.581. The molecule has 222 valence electrons. The van der Waals surface area contributed by atoms with Gasteiger partial charge in [-0.1, -0.05) is 91.0 Å². The van der Waals surface area contributed by atoms with Crippen LogP contribution < -0.4 is 0 Å². The monoisotopic (exact) mass is 610 g/mol. The fraction of sp³-hybridized carbons (Fsp3) is 0. The van der Waals surface area contributed by atoms with Gasteiger partial charge in [0.2, 0.25) is 0 Å². The van der Waals surface area contributed by atoms with E-state index in [9.17, 15) is 10.5 Å². The summed E-state index contributed by atoms with van der Waals surface area (Å²) in [5.41, 5.74) is 11.5. The highest BCUT2D eigenvalue weighted by atomic mass is 15.0. The number of para-hydroxylation sites is 4. The molecular weight excluding hydrogens is 585 g/mol. The van der Waals surface area contributed by atoms with Crippen LogP contribution >= 0.6 is 0 Å². The summed E-state index contributed by atoms with van der Waals surface area (Å²) in [6, 6.07) is 59.0. The lowest BCUT2D eigenvalue weighted by molar-refractivity contribution is 1.17. The van der Waals surface area contributed by atoms with Gasteiger partial charge in [-0.05, 0) is 89.0 Å². The van der Waals surface area contributed by atoms with E-state index in [1.807, 2.05) is 36.4 Å². The minimum absolute atomic E-state index is 0.581. The molecule has 0 amide bonds. The number of rotatable bonds is 4. The molecule has 2 aromatic heterocycles. The minimum Gasteiger partial charge on any atom is -0.309 e. The maximum atomic E-state index is 10.3. The third kappa shape index (κ3) is 4.22. The van der Waals surface area contributed by atoms with Crippen LogP contribution in [0.1, 0.15) is 11.1 Å². The highest BCUT2D eigenvalue weighted by Gasteiger charge is 2.18. The first kappa shape index (κ1) is 27.4. The van der Waals surface area contributed by atoms with E-state index in [0.717, 1.165) is 55.7 Å². The third-order valence-electron chi connectivity index (χ3n) is 9.36. The lowest BCUT2D eigenvalue weighted by atomic mass is 9.92. The number of fused-ring (bicyclic) bond motifs is 6. The van der Waals surface area contributed by atoms with Crippen molar-refractivity contribution in [3.8, 4) is 45.8 Å². The van der Waals surface area contributed by atoms with Crippen LogP contribution in [0.5, 0.6) is 0 Å². The molecule has 0 aliphatic heterocycles. The predicted octanol–water partition coefficient (Wildman–Crippen LogP) is 11.0. The van der Waals surface area contributed by atoms with Crippen LogP contribution in [0.2, 0.25) is 0 Å². The summed E-state index contributed by atoms with van der Waals surface area (Å²) in [5.74, 6) is 0. The number of nitriles is 2. The first-order valence-electron chi connectivity index (χ1n) is 15.9. The topological polar surface area (TPSA) is 57.4 Å². The highest BCUT2D eigenvalue weighted by Crippen LogP contribution is 2.40. The van der Waals surface area contributed by atoms with Gasteiger partial charge in [-0.15, -0.1) is 0 Å². The zero-order valence-electron chi connectivity index (χ0n) is 25.8. The maximum absolute atomic E-state index is 10.3. The van der Waals surface area contributed by atoms with Crippen LogP contribution in [0.3, 0.4) is 0 Å². The lowest BCUT2D eigenvalue weighted by Gasteiger charge is -2.17. The van der Waals surface area contributed by atoms with Crippen molar-refractivity contribution in [2.24, 2.45) is 0 Å². The highest BCUT2D eigenvalue weighted by molar-refractivity contribution is 6.10. The molecular formula is C44H26N4. The Morgan fingerprint density at radius 1 is 0.354 bits per heavy atom. The van der Waals surface area contributed by atoms with Gasteiger partial charge >= 0.3 is 0 Å². The molecule has 0 bridgehead atoms. The molecule has 0 unspecified atom stereocenters. The Kier molecular flexibility index (Phi) is 6.22. The molecule has 4 nitrogen and oxygen atoms in total. The van der Waals surface area contributed by atoms with E-state index in [1.165, 1.54) is 21.5 Å². The number of aromatic nitrogens is 2. The Morgan fingerprint density at radius 3 is 1.33 bits per heavy atom. The summed E-state index contributed by atoms with van der Waals surface area (Å²) in [4.78, 5) is 0. The van der Waals surface area contributed by atoms with Gasteiger partial charge in [0.05, 0.1) is 45.3 Å². The van der Waals surface area contributed by atoms with E-state index in [2.05, 4.69) is 143 Å². The summed E-state index contributed by atoms with van der Waals surface area (Å²) >= 11 is 0. The van der Waals surface area contributed by atoms with E-state index in [0.29, 0.717) is 11.1 Å². The summed E-state index contributed by atoms with van der Waals surface area (Å²) < 4.78 is 4.58. The normalized spacial score (nSPS) is 11.3. The largest absolute Gasteiger partial charge is 0.309 e. The van der Waals surface area contributed by atoms with Crippen LogP contribution in [0.15, 0.2) is 158 Å². The smallest absolute Gasteiger partial charge is 0.0992 e. The maximum Gasteiger partial charge on any atom is 0.0992 e. The van der Waals surface area contributed by atoms with E-state index >= 15 is 0 Å². The molecule has 0 atom stereocenters. The molecule has 0 aliphatic carbocycles. The first-order valence-corrected chi connectivity index (χ1v) is 15.9. The fourth-order valence-corrected chi connectivity index (χ4v) is 7.25. The molecule has 7 aromatic carbocycles. The predicted molar refractivity (Wildman–Crippen MR) is 195 cm³/mol. The molecule has 0 N–H and O–H groups in total. The van der Waals surface area contributed by atoms with Crippen molar-refractivity contribution in [2.45, 2.75) is 0 Å². The summed E-state index contributed by atoms with van der Waals surface area (Å²) in [7, 11) is 0. The summed E-state index contributed by atoms with van der Waals surface area (Å²) in [6.07, 6.45) is 0. The molecule has 9 aromatic rings. The van der Waals surface area contributed by atoms with Crippen LogP contribution in [-0.2, 0) is 0 Å². The molecule has 0 spiro atoms. The Bertz CT molecular complexity index is 2690. The van der Waals surface area contributed by atoms with E-state index < -0.39 is 0 Å². The number of hydrogen-bond donors (Lipinski definition) is 0. The van der Waals surface area contributed by atoms with Gasteiger partial charge in [0.1, 0.15) is 0 Å². The van der Waals surface area contributed by atoms with E-state index in [4.69, 9.17) is 0 Å². The van der Waals surface area contributed by atoms with Gasteiger partial charge in [0.15, 0.2) is 0 Å². The van der Waals surface area contributed by atoms with Crippen molar-refractivity contribution in [1.82, 2.24) is 9.13 Å². The molecule has 0 fully saturated rings. The number of hydrogen-bond acceptors (Lipinski definition) is 2.